The summed E-state index contributed by atoms with van der Waals surface area (Å²) in [5, 5.41) is 0. The third-order valence-electron chi connectivity index (χ3n) is 5.64. The smallest absolute Gasteiger partial charge is 0.0578 e. The number of likely N-dealkylation sites (N-methyl/N-ethyl adjacent to an activating group) is 1. The summed E-state index contributed by atoms with van der Waals surface area (Å²) in [6.45, 7) is 11.7. The molecule has 1 saturated carbocycles. The van der Waals surface area contributed by atoms with Crippen molar-refractivity contribution in [1.82, 2.24) is 9.80 Å². The Labute approximate surface area is 138 Å². The van der Waals surface area contributed by atoms with Crippen molar-refractivity contribution in [2.45, 2.75) is 84.0 Å². The Bertz CT molecular complexity index is 300. The molecule has 2 aliphatic rings. The van der Waals surface area contributed by atoms with Crippen LogP contribution in [0.2, 0.25) is 0 Å². The molecule has 1 aliphatic carbocycles. The van der Waals surface area contributed by atoms with Crippen LogP contribution in [0.25, 0.3) is 0 Å². The van der Waals surface area contributed by atoms with Crippen molar-refractivity contribution in [2.24, 2.45) is 5.92 Å². The van der Waals surface area contributed by atoms with Gasteiger partial charge in [-0.25, -0.2) is 0 Å². The number of hydrogen-bond acceptors (Lipinski definition) is 3. The zero-order chi connectivity index (χ0) is 15.9. The summed E-state index contributed by atoms with van der Waals surface area (Å²) < 4.78 is 5.95. The summed E-state index contributed by atoms with van der Waals surface area (Å²) in [7, 11) is 2.25. The number of nitrogens with zero attached hydrogens (tertiary/aromatic N) is 2. The summed E-state index contributed by atoms with van der Waals surface area (Å²) in [5.74, 6) is 0.971. The molecule has 1 atom stereocenters. The van der Waals surface area contributed by atoms with Gasteiger partial charge in [0.2, 0.25) is 0 Å². The number of piperazine rings is 1. The van der Waals surface area contributed by atoms with Gasteiger partial charge in [0, 0.05) is 25.7 Å². The van der Waals surface area contributed by atoms with Crippen LogP contribution in [-0.2, 0) is 4.74 Å². The molecule has 130 valence electrons. The van der Waals surface area contributed by atoms with Crippen molar-refractivity contribution in [3.05, 3.63) is 0 Å². The van der Waals surface area contributed by atoms with Crippen molar-refractivity contribution in [3.8, 4) is 0 Å². The lowest BCUT2D eigenvalue weighted by atomic mass is 9.84. The molecule has 0 spiro atoms. The molecular formula is C19H38N2O. The minimum Gasteiger partial charge on any atom is -0.376 e. The van der Waals surface area contributed by atoms with E-state index >= 15 is 0 Å². The van der Waals surface area contributed by atoms with Gasteiger partial charge in [-0.3, -0.25) is 0 Å². The zero-order valence-electron chi connectivity index (χ0n) is 15.4. The van der Waals surface area contributed by atoms with Crippen LogP contribution in [-0.4, -0.2) is 61.3 Å². The first-order valence-corrected chi connectivity index (χ1v) is 9.62. The Kier molecular flexibility index (Phi) is 7.66. The average Bonchev–Trinajstić information content (AvgIpc) is 2.48. The lowest BCUT2D eigenvalue weighted by molar-refractivity contribution is -0.0203. The molecule has 1 aliphatic heterocycles. The van der Waals surface area contributed by atoms with E-state index in [2.05, 4.69) is 37.6 Å². The quantitative estimate of drug-likeness (QED) is 0.666. The molecule has 2 rings (SSSR count). The normalized spacial score (nSPS) is 31.8. The van der Waals surface area contributed by atoms with E-state index in [-0.39, 0.29) is 0 Å². The molecule has 0 aromatic rings. The van der Waals surface area contributed by atoms with Gasteiger partial charge in [-0.05, 0) is 72.4 Å². The fourth-order valence-electron chi connectivity index (χ4n) is 4.04. The van der Waals surface area contributed by atoms with E-state index in [1.165, 1.54) is 71.1 Å². The van der Waals surface area contributed by atoms with Gasteiger partial charge in [0.25, 0.3) is 0 Å². The topological polar surface area (TPSA) is 15.7 Å². The summed E-state index contributed by atoms with van der Waals surface area (Å²) >= 11 is 0. The highest BCUT2D eigenvalue weighted by molar-refractivity contribution is 4.77. The highest BCUT2D eigenvalue weighted by atomic mass is 16.5. The molecule has 0 aromatic carbocycles. The third kappa shape index (κ3) is 6.17. The van der Waals surface area contributed by atoms with Crippen LogP contribution in [0, 0.1) is 5.92 Å². The monoisotopic (exact) mass is 310 g/mol. The van der Waals surface area contributed by atoms with E-state index < -0.39 is 0 Å². The fourth-order valence-corrected chi connectivity index (χ4v) is 4.04. The Balaban J connectivity index is 1.51. The first kappa shape index (κ1) is 18.2. The predicted molar refractivity (Wildman–Crippen MR) is 94.4 cm³/mol. The molecule has 0 aromatic heterocycles. The van der Waals surface area contributed by atoms with Crippen LogP contribution >= 0.6 is 0 Å². The Morgan fingerprint density at radius 1 is 1.05 bits per heavy atom. The van der Waals surface area contributed by atoms with Crippen LogP contribution in [0.15, 0.2) is 0 Å². The molecule has 0 amide bonds. The molecule has 2 fully saturated rings. The van der Waals surface area contributed by atoms with Gasteiger partial charge >= 0.3 is 0 Å². The molecule has 1 heterocycles. The van der Waals surface area contributed by atoms with Gasteiger partial charge in [-0.15, -0.1) is 0 Å². The van der Waals surface area contributed by atoms with E-state index in [1.807, 2.05) is 0 Å². The first-order valence-electron chi connectivity index (χ1n) is 9.62. The Hall–Kier alpha value is -0.120. The van der Waals surface area contributed by atoms with Crippen molar-refractivity contribution >= 4 is 0 Å². The van der Waals surface area contributed by atoms with Crippen molar-refractivity contribution in [1.29, 1.82) is 0 Å². The van der Waals surface area contributed by atoms with Gasteiger partial charge in [-0.1, -0.05) is 12.8 Å². The second kappa shape index (κ2) is 9.24. The van der Waals surface area contributed by atoms with Crippen LogP contribution in [0.3, 0.4) is 0 Å². The standard InChI is InChI=1S/C19H38N2O/c1-16(2)22-19-10-8-18(9-11-19)7-5-6-12-21-14-13-20(4)17(3)15-21/h16-19H,5-15H2,1-4H3/t17-,18-,19-/m1/s1. The van der Waals surface area contributed by atoms with E-state index in [0.717, 1.165) is 12.0 Å². The maximum absolute atomic E-state index is 5.95. The minimum atomic E-state index is 0.396. The SMILES string of the molecule is CC(C)O[C@H]1CC[C@H](CCCCN2CCN(C)[C@H](C)C2)CC1. The number of ether oxygens (including phenoxy) is 1. The molecule has 0 unspecified atom stereocenters. The number of hydrogen-bond donors (Lipinski definition) is 0. The second-order valence-electron chi connectivity index (χ2n) is 7.95. The lowest BCUT2D eigenvalue weighted by Gasteiger charge is -2.37. The molecule has 0 bridgehead atoms. The lowest BCUT2D eigenvalue weighted by Crippen LogP contribution is -2.50. The maximum Gasteiger partial charge on any atom is 0.0578 e. The Morgan fingerprint density at radius 3 is 2.41 bits per heavy atom. The largest absolute Gasteiger partial charge is 0.376 e. The van der Waals surface area contributed by atoms with Crippen molar-refractivity contribution in [3.63, 3.8) is 0 Å². The number of rotatable bonds is 7. The van der Waals surface area contributed by atoms with E-state index in [4.69, 9.17) is 4.74 Å². The minimum absolute atomic E-state index is 0.396. The summed E-state index contributed by atoms with van der Waals surface area (Å²) in [6, 6.07) is 0.727. The third-order valence-corrected chi connectivity index (χ3v) is 5.64. The first-order chi connectivity index (χ1) is 10.5. The molecule has 22 heavy (non-hydrogen) atoms. The predicted octanol–water partition coefficient (Wildman–Crippen LogP) is 3.78. The highest BCUT2D eigenvalue weighted by Gasteiger charge is 2.23. The second-order valence-corrected chi connectivity index (χ2v) is 7.95. The van der Waals surface area contributed by atoms with Crippen LogP contribution < -0.4 is 0 Å². The van der Waals surface area contributed by atoms with Gasteiger partial charge in [0.05, 0.1) is 12.2 Å². The van der Waals surface area contributed by atoms with Gasteiger partial charge in [-0.2, -0.15) is 0 Å². The van der Waals surface area contributed by atoms with Crippen LogP contribution in [0.5, 0.6) is 0 Å². The summed E-state index contributed by atoms with van der Waals surface area (Å²) in [5.41, 5.74) is 0. The molecule has 3 heteroatoms. The molecule has 0 N–H and O–H groups in total. The van der Waals surface area contributed by atoms with Crippen LogP contribution in [0.1, 0.15) is 65.7 Å². The highest BCUT2D eigenvalue weighted by Crippen LogP contribution is 2.30. The van der Waals surface area contributed by atoms with Crippen molar-refractivity contribution < 1.29 is 4.74 Å². The molecular weight excluding hydrogens is 272 g/mol. The van der Waals surface area contributed by atoms with Gasteiger partial charge in [0.15, 0.2) is 0 Å². The van der Waals surface area contributed by atoms with Crippen molar-refractivity contribution in [2.75, 3.05) is 33.2 Å². The summed E-state index contributed by atoms with van der Waals surface area (Å²) in [4.78, 5) is 5.15. The fraction of sp³-hybridized carbons (Fsp3) is 1.00. The van der Waals surface area contributed by atoms with E-state index in [1.54, 1.807) is 0 Å². The van der Waals surface area contributed by atoms with Gasteiger partial charge in [0.1, 0.15) is 0 Å². The molecule has 3 nitrogen and oxygen atoms in total. The number of unbranched alkanes of at least 4 members (excludes halogenated alkanes) is 1. The van der Waals surface area contributed by atoms with Crippen LogP contribution in [0.4, 0.5) is 0 Å². The zero-order valence-corrected chi connectivity index (χ0v) is 15.4. The maximum atomic E-state index is 5.95. The summed E-state index contributed by atoms with van der Waals surface area (Å²) in [6.07, 6.45) is 10.6. The Morgan fingerprint density at radius 2 is 1.77 bits per heavy atom. The molecule has 1 saturated heterocycles. The average molecular weight is 311 g/mol. The molecule has 0 radical (unpaired) electrons. The van der Waals surface area contributed by atoms with E-state index in [0.29, 0.717) is 12.2 Å². The van der Waals surface area contributed by atoms with Gasteiger partial charge < -0.3 is 14.5 Å². The van der Waals surface area contributed by atoms with E-state index in [9.17, 15) is 0 Å².